The van der Waals surface area contributed by atoms with Crippen LogP contribution in [0.3, 0.4) is 0 Å². The van der Waals surface area contributed by atoms with Crippen LogP contribution in [0.5, 0.6) is 0 Å². The average molecular weight is 374 g/mol. The molecule has 0 amide bonds. The van der Waals surface area contributed by atoms with Gasteiger partial charge in [-0.1, -0.05) is 20.8 Å². The van der Waals surface area contributed by atoms with E-state index in [0.29, 0.717) is 16.7 Å². The summed E-state index contributed by atoms with van der Waals surface area (Å²) in [7, 11) is 0. The first-order valence-corrected chi connectivity index (χ1v) is 12.0. The highest BCUT2D eigenvalue weighted by Gasteiger charge is 2.61. The molecule has 3 heteroatoms. The van der Waals surface area contributed by atoms with Gasteiger partial charge >= 0.3 is 0 Å². The molecule has 5 saturated carbocycles. The minimum Gasteiger partial charge on any atom is -0.264 e. The SMILES string of the molecule is CC(C1CC1)C1CCC2C3CCC4CC([N+](=O)[O-])CCC4(C)C3CCC12C. The zero-order chi connectivity index (χ0) is 19.0. The van der Waals surface area contributed by atoms with Crippen LogP contribution < -0.4 is 0 Å². The van der Waals surface area contributed by atoms with E-state index < -0.39 is 0 Å². The summed E-state index contributed by atoms with van der Waals surface area (Å²) in [6.45, 7) is 7.77. The molecule has 0 aromatic carbocycles. The third kappa shape index (κ3) is 2.65. The molecule has 3 nitrogen and oxygen atoms in total. The van der Waals surface area contributed by atoms with Crippen molar-refractivity contribution in [2.45, 2.75) is 97.4 Å². The first-order valence-electron chi connectivity index (χ1n) is 12.0. The summed E-state index contributed by atoms with van der Waals surface area (Å²) in [6.07, 6.45) is 14.2. The highest BCUT2D eigenvalue weighted by molar-refractivity contribution is 5.10. The van der Waals surface area contributed by atoms with Gasteiger partial charge in [0.25, 0.3) is 0 Å². The Labute approximate surface area is 165 Å². The molecule has 0 radical (unpaired) electrons. The molecule has 5 aliphatic rings. The number of fused-ring (bicyclic) bond motifs is 5. The molecule has 0 bridgehead atoms. The summed E-state index contributed by atoms with van der Waals surface area (Å²) in [5.41, 5.74) is 0.974. The van der Waals surface area contributed by atoms with Gasteiger partial charge in [-0.05, 0) is 110 Å². The van der Waals surface area contributed by atoms with Gasteiger partial charge in [0.15, 0.2) is 0 Å². The summed E-state index contributed by atoms with van der Waals surface area (Å²) in [5.74, 6) is 6.24. The Morgan fingerprint density at radius 2 is 1.59 bits per heavy atom. The van der Waals surface area contributed by atoms with Crippen LogP contribution in [0.4, 0.5) is 0 Å². The quantitative estimate of drug-likeness (QED) is 0.428. The zero-order valence-corrected chi connectivity index (χ0v) is 17.7. The van der Waals surface area contributed by atoms with Crippen molar-refractivity contribution < 1.29 is 4.92 Å². The Morgan fingerprint density at radius 1 is 0.889 bits per heavy atom. The van der Waals surface area contributed by atoms with Gasteiger partial charge in [-0.25, -0.2) is 0 Å². The molecule has 5 aliphatic carbocycles. The van der Waals surface area contributed by atoms with E-state index in [4.69, 9.17) is 0 Å². The van der Waals surface area contributed by atoms with E-state index in [1.807, 2.05) is 0 Å². The van der Waals surface area contributed by atoms with Crippen molar-refractivity contribution in [2.75, 3.05) is 0 Å². The summed E-state index contributed by atoms with van der Waals surface area (Å²) in [5, 5.41) is 11.4. The molecule has 0 N–H and O–H groups in total. The van der Waals surface area contributed by atoms with E-state index in [-0.39, 0.29) is 11.0 Å². The predicted molar refractivity (Wildman–Crippen MR) is 108 cm³/mol. The van der Waals surface area contributed by atoms with Gasteiger partial charge in [0, 0.05) is 17.8 Å². The van der Waals surface area contributed by atoms with Crippen LogP contribution in [0.15, 0.2) is 0 Å². The van der Waals surface area contributed by atoms with Crippen molar-refractivity contribution in [3.63, 3.8) is 0 Å². The lowest BCUT2D eigenvalue weighted by Crippen LogP contribution is -2.54. The Hall–Kier alpha value is -0.600. The second-order valence-corrected chi connectivity index (χ2v) is 11.8. The molecular weight excluding hydrogens is 334 g/mol. The number of nitro groups is 1. The maximum atomic E-state index is 11.4. The van der Waals surface area contributed by atoms with Crippen LogP contribution >= 0.6 is 0 Å². The van der Waals surface area contributed by atoms with Crippen LogP contribution in [0.2, 0.25) is 0 Å². The lowest BCUT2D eigenvalue weighted by molar-refractivity contribution is -0.531. The highest BCUT2D eigenvalue weighted by atomic mass is 16.6. The number of hydrogen-bond acceptors (Lipinski definition) is 2. The van der Waals surface area contributed by atoms with E-state index in [0.717, 1.165) is 54.8 Å². The molecule has 9 unspecified atom stereocenters. The van der Waals surface area contributed by atoms with Crippen molar-refractivity contribution in [1.29, 1.82) is 0 Å². The first kappa shape index (κ1) is 18.4. The molecule has 0 heterocycles. The Bertz CT molecular complexity index is 616. The largest absolute Gasteiger partial charge is 0.264 e. The molecular formula is C24H39NO2. The number of hydrogen-bond donors (Lipinski definition) is 0. The standard InChI is InChI=1S/C24H39NO2/c1-15(16-4-5-16)20-8-9-21-19-7-6-17-14-18(25(26)27)10-12-23(17,2)22(19)11-13-24(20,21)3/h15-22H,4-14H2,1-3H3. The fourth-order valence-corrected chi connectivity index (χ4v) is 9.28. The molecule has 0 aliphatic heterocycles. The minimum absolute atomic E-state index is 0.0183. The van der Waals surface area contributed by atoms with Gasteiger partial charge < -0.3 is 0 Å². The molecule has 152 valence electrons. The minimum atomic E-state index is -0.260. The normalized spacial score (nSPS) is 53.1. The van der Waals surface area contributed by atoms with Crippen molar-refractivity contribution in [3.05, 3.63) is 10.1 Å². The molecule has 9 atom stereocenters. The molecule has 0 aromatic rings. The van der Waals surface area contributed by atoms with Gasteiger partial charge in [-0.15, -0.1) is 0 Å². The molecule has 5 fully saturated rings. The van der Waals surface area contributed by atoms with E-state index in [2.05, 4.69) is 20.8 Å². The first-order chi connectivity index (χ1) is 12.8. The van der Waals surface area contributed by atoms with E-state index >= 15 is 0 Å². The van der Waals surface area contributed by atoms with Crippen molar-refractivity contribution in [1.82, 2.24) is 0 Å². The van der Waals surface area contributed by atoms with Crippen molar-refractivity contribution in [2.24, 2.45) is 52.3 Å². The highest BCUT2D eigenvalue weighted by Crippen LogP contribution is 2.69. The Kier molecular flexibility index (Phi) is 4.23. The monoisotopic (exact) mass is 373 g/mol. The van der Waals surface area contributed by atoms with Crippen LogP contribution in [-0.2, 0) is 0 Å². The molecule has 0 spiro atoms. The third-order valence-electron chi connectivity index (χ3n) is 11.0. The average Bonchev–Trinajstić information content (AvgIpc) is 3.42. The second kappa shape index (κ2) is 6.20. The molecule has 0 aromatic heterocycles. The van der Waals surface area contributed by atoms with Crippen molar-refractivity contribution >= 4 is 0 Å². The molecule has 0 saturated heterocycles. The maximum absolute atomic E-state index is 11.4. The van der Waals surface area contributed by atoms with Crippen LogP contribution in [0.25, 0.3) is 0 Å². The predicted octanol–water partition coefficient (Wildman–Crippen LogP) is 6.34. The molecule has 27 heavy (non-hydrogen) atoms. The Balaban J connectivity index is 1.37. The molecule has 5 rings (SSSR count). The fourth-order valence-electron chi connectivity index (χ4n) is 9.28. The van der Waals surface area contributed by atoms with Gasteiger partial charge in [0.1, 0.15) is 0 Å². The third-order valence-corrected chi connectivity index (χ3v) is 11.0. The van der Waals surface area contributed by atoms with Gasteiger partial charge in [-0.2, -0.15) is 0 Å². The van der Waals surface area contributed by atoms with E-state index in [1.54, 1.807) is 0 Å². The van der Waals surface area contributed by atoms with Crippen LogP contribution in [0, 0.1) is 62.4 Å². The lowest BCUT2D eigenvalue weighted by Gasteiger charge is -2.60. The number of nitrogens with zero attached hydrogens (tertiary/aromatic N) is 1. The summed E-state index contributed by atoms with van der Waals surface area (Å²) >= 11 is 0. The summed E-state index contributed by atoms with van der Waals surface area (Å²) in [6, 6.07) is -0.260. The van der Waals surface area contributed by atoms with Gasteiger partial charge in [0.2, 0.25) is 6.04 Å². The smallest absolute Gasteiger partial charge is 0.213 e. The number of rotatable bonds is 3. The van der Waals surface area contributed by atoms with Crippen LogP contribution in [0.1, 0.15) is 91.4 Å². The van der Waals surface area contributed by atoms with Crippen LogP contribution in [-0.4, -0.2) is 11.0 Å². The second-order valence-electron chi connectivity index (χ2n) is 11.8. The van der Waals surface area contributed by atoms with Gasteiger partial charge in [0.05, 0.1) is 0 Å². The zero-order valence-electron chi connectivity index (χ0n) is 17.7. The fraction of sp³-hybridized carbons (Fsp3) is 1.00. The van der Waals surface area contributed by atoms with E-state index in [1.165, 1.54) is 51.4 Å². The summed E-state index contributed by atoms with van der Waals surface area (Å²) < 4.78 is 0. The van der Waals surface area contributed by atoms with Gasteiger partial charge in [-0.3, -0.25) is 10.1 Å². The van der Waals surface area contributed by atoms with E-state index in [9.17, 15) is 10.1 Å². The maximum Gasteiger partial charge on any atom is 0.213 e. The summed E-state index contributed by atoms with van der Waals surface area (Å²) in [4.78, 5) is 11.4. The topological polar surface area (TPSA) is 43.1 Å². The lowest BCUT2D eigenvalue weighted by atomic mass is 9.44. The van der Waals surface area contributed by atoms with Crippen molar-refractivity contribution in [3.8, 4) is 0 Å². The Morgan fingerprint density at radius 3 is 2.30 bits per heavy atom.